The number of anilines is 5. The van der Waals surface area contributed by atoms with Crippen LogP contribution >= 0.6 is 23.2 Å². The second-order valence-electron chi connectivity index (χ2n) is 5.15. The Labute approximate surface area is 158 Å². The molecule has 0 aliphatic rings. The summed E-state index contributed by atoms with van der Waals surface area (Å²) in [4.78, 5) is 18.8. The van der Waals surface area contributed by atoms with Crippen LogP contribution in [0.1, 0.15) is 0 Å². The van der Waals surface area contributed by atoms with E-state index in [2.05, 4.69) is 20.6 Å². The number of benzene rings is 2. The SMILES string of the molecule is Nc1nc(Nc2ccc(Cl)cc2)nc(Nc2ccc(Cl)cc2)c1[N+](=O)[O-]. The lowest BCUT2D eigenvalue weighted by molar-refractivity contribution is -0.383. The van der Waals surface area contributed by atoms with Crippen LogP contribution in [0.4, 0.5) is 34.6 Å². The number of nitrogens with one attached hydrogen (secondary N) is 2. The van der Waals surface area contributed by atoms with Crippen molar-refractivity contribution in [2.24, 2.45) is 0 Å². The number of hydrogen-bond acceptors (Lipinski definition) is 7. The number of hydrogen-bond donors (Lipinski definition) is 3. The fourth-order valence-electron chi connectivity index (χ4n) is 2.13. The van der Waals surface area contributed by atoms with Crippen molar-refractivity contribution < 1.29 is 4.92 Å². The Morgan fingerprint density at radius 3 is 1.88 bits per heavy atom. The second kappa shape index (κ2) is 7.42. The number of rotatable bonds is 5. The summed E-state index contributed by atoms with van der Waals surface area (Å²) in [6, 6.07) is 13.4. The number of nitro groups is 1. The molecule has 0 unspecified atom stereocenters. The van der Waals surface area contributed by atoms with E-state index in [1.165, 1.54) is 0 Å². The molecule has 0 saturated heterocycles. The van der Waals surface area contributed by atoms with Gasteiger partial charge in [0.25, 0.3) is 0 Å². The van der Waals surface area contributed by atoms with Crippen LogP contribution in [0.15, 0.2) is 48.5 Å². The summed E-state index contributed by atoms with van der Waals surface area (Å²) in [6.45, 7) is 0. The number of nitrogen functional groups attached to an aromatic ring is 1. The van der Waals surface area contributed by atoms with Gasteiger partial charge < -0.3 is 16.4 Å². The third-order valence-electron chi connectivity index (χ3n) is 3.30. The van der Waals surface area contributed by atoms with Crippen LogP contribution in [0.3, 0.4) is 0 Å². The molecule has 0 atom stereocenters. The Kier molecular flexibility index (Phi) is 5.06. The molecule has 10 heteroatoms. The lowest BCUT2D eigenvalue weighted by Gasteiger charge is -2.11. The highest BCUT2D eigenvalue weighted by molar-refractivity contribution is 6.30. The average molecular weight is 391 g/mol. The summed E-state index contributed by atoms with van der Waals surface area (Å²) in [5, 5.41) is 18.2. The molecule has 0 aliphatic heterocycles. The molecular formula is C16H12Cl2N6O2. The van der Waals surface area contributed by atoms with Crippen molar-refractivity contribution in [3.63, 3.8) is 0 Å². The third kappa shape index (κ3) is 4.11. The van der Waals surface area contributed by atoms with Gasteiger partial charge >= 0.3 is 5.69 Å². The minimum atomic E-state index is -0.639. The molecule has 1 aromatic heterocycles. The largest absolute Gasteiger partial charge is 0.378 e. The molecule has 0 spiro atoms. The van der Waals surface area contributed by atoms with E-state index in [0.717, 1.165) is 0 Å². The Morgan fingerprint density at radius 1 is 0.885 bits per heavy atom. The van der Waals surface area contributed by atoms with Gasteiger partial charge in [-0.2, -0.15) is 9.97 Å². The number of halogens is 2. The second-order valence-corrected chi connectivity index (χ2v) is 6.02. The Balaban J connectivity index is 1.97. The predicted molar refractivity (Wildman–Crippen MR) is 103 cm³/mol. The monoisotopic (exact) mass is 390 g/mol. The van der Waals surface area contributed by atoms with E-state index in [-0.39, 0.29) is 17.6 Å². The molecule has 0 amide bonds. The van der Waals surface area contributed by atoms with Gasteiger partial charge in [0.15, 0.2) is 0 Å². The van der Waals surface area contributed by atoms with Crippen LogP contribution in [0.5, 0.6) is 0 Å². The number of aromatic nitrogens is 2. The van der Waals surface area contributed by atoms with Gasteiger partial charge in [-0.1, -0.05) is 23.2 Å². The van der Waals surface area contributed by atoms with Crippen LogP contribution in [0, 0.1) is 10.1 Å². The molecule has 132 valence electrons. The highest BCUT2D eigenvalue weighted by Gasteiger charge is 2.23. The van der Waals surface area contributed by atoms with Crippen LogP contribution in [-0.2, 0) is 0 Å². The van der Waals surface area contributed by atoms with Crippen molar-refractivity contribution in [3.05, 3.63) is 68.7 Å². The Bertz CT molecular complexity index is 948. The first kappa shape index (κ1) is 17.7. The van der Waals surface area contributed by atoms with Gasteiger partial charge in [0, 0.05) is 21.4 Å². The van der Waals surface area contributed by atoms with Crippen molar-refractivity contribution >= 4 is 57.8 Å². The minimum absolute atomic E-state index is 0.0405. The van der Waals surface area contributed by atoms with Crippen molar-refractivity contribution in [1.29, 1.82) is 0 Å². The summed E-state index contributed by atoms with van der Waals surface area (Å²) >= 11 is 11.7. The van der Waals surface area contributed by atoms with Crippen LogP contribution < -0.4 is 16.4 Å². The lowest BCUT2D eigenvalue weighted by Crippen LogP contribution is -2.08. The summed E-state index contributed by atoms with van der Waals surface area (Å²) in [7, 11) is 0. The van der Waals surface area contributed by atoms with Gasteiger partial charge in [0.05, 0.1) is 4.92 Å². The standard InChI is InChI=1S/C16H12Cl2N6O2/c17-9-1-5-11(6-2-9)20-15-13(24(25)26)14(19)22-16(23-15)21-12-7-3-10(18)4-8-12/h1-8H,(H4,19,20,21,22,23). The molecule has 0 radical (unpaired) electrons. The molecule has 3 rings (SSSR count). The van der Waals surface area contributed by atoms with Crippen molar-refractivity contribution in [2.75, 3.05) is 16.4 Å². The summed E-state index contributed by atoms with van der Waals surface area (Å²) in [6.07, 6.45) is 0. The fourth-order valence-corrected chi connectivity index (χ4v) is 2.38. The molecule has 2 aromatic carbocycles. The van der Waals surface area contributed by atoms with Gasteiger partial charge in [-0.05, 0) is 48.5 Å². The maximum atomic E-state index is 11.3. The van der Waals surface area contributed by atoms with Crippen molar-refractivity contribution in [1.82, 2.24) is 9.97 Å². The summed E-state index contributed by atoms with van der Waals surface area (Å²) in [5.74, 6) is -0.203. The molecule has 0 aliphatic carbocycles. The molecule has 1 heterocycles. The van der Waals surface area contributed by atoms with Crippen LogP contribution in [-0.4, -0.2) is 14.9 Å². The summed E-state index contributed by atoms with van der Waals surface area (Å²) < 4.78 is 0. The first-order chi connectivity index (χ1) is 12.4. The minimum Gasteiger partial charge on any atom is -0.378 e. The van der Waals surface area contributed by atoms with Gasteiger partial charge in [-0.15, -0.1) is 0 Å². The maximum absolute atomic E-state index is 11.3. The summed E-state index contributed by atoms with van der Waals surface area (Å²) in [5.41, 5.74) is 6.56. The highest BCUT2D eigenvalue weighted by atomic mass is 35.5. The average Bonchev–Trinajstić information content (AvgIpc) is 2.58. The molecule has 8 nitrogen and oxygen atoms in total. The maximum Gasteiger partial charge on any atom is 0.353 e. The van der Waals surface area contributed by atoms with Gasteiger partial charge in [0.1, 0.15) is 0 Å². The van der Waals surface area contributed by atoms with Crippen molar-refractivity contribution in [2.45, 2.75) is 0 Å². The fraction of sp³-hybridized carbons (Fsp3) is 0. The first-order valence-corrected chi connectivity index (χ1v) is 8.05. The topological polar surface area (TPSA) is 119 Å². The quantitative estimate of drug-likeness (QED) is 0.424. The Morgan fingerprint density at radius 2 is 1.38 bits per heavy atom. The lowest BCUT2D eigenvalue weighted by atomic mass is 10.3. The van der Waals surface area contributed by atoms with E-state index < -0.39 is 10.6 Å². The predicted octanol–water partition coefficient (Wildman–Crippen LogP) is 4.76. The van der Waals surface area contributed by atoms with E-state index in [1.807, 2.05) is 0 Å². The zero-order chi connectivity index (χ0) is 18.7. The van der Waals surface area contributed by atoms with E-state index in [4.69, 9.17) is 28.9 Å². The van der Waals surface area contributed by atoms with Gasteiger partial charge in [-0.25, -0.2) is 0 Å². The molecule has 0 bridgehead atoms. The zero-order valence-corrected chi connectivity index (χ0v) is 14.6. The van der Waals surface area contributed by atoms with E-state index >= 15 is 0 Å². The molecule has 0 saturated carbocycles. The number of nitrogens with two attached hydrogens (primary N) is 1. The van der Waals surface area contributed by atoms with Crippen LogP contribution in [0.25, 0.3) is 0 Å². The van der Waals surface area contributed by atoms with Gasteiger partial charge in [-0.3, -0.25) is 10.1 Å². The van der Waals surface area contributed by atoms with E-state index in [1.54, 1.807) is 48.5 Å². The smallest absolute Gasteiger partial charge is 0.353 e. The zero-order valence-electron chi connectivity index (χ0n) is 13.1. The molecule has 4 N–H and O–H groups in total. The van der Waals surface area contributed by atoms with Crippen LogP contribution in [0.2, 0.25) is 10.0 Å². The van der Waals surface area contributed by atoms with E-state index in [9.17, 15) is 10.1 Å². The molecule has 3 aromatic rings. The van der Waals surface area contributed by atoms with Gasteiger partial charge in [0.2, 0.25) is 17.6 Å². The molecule has 26 heavy (non-hydrogen) atoms. The third-order valence-corrected chi connectivity index (χ3v) is 3.80. The molecular weight excluding hydrogens is 379 g/mol. The molecule has 0 fully saturated rings. The highest BCUT2D eigenvalue weighted by Crippen LogP contribution is 2.32. The Hall–Kier alpha value is -3.10. The van der Waals surface area contributed by atoms with E-state index in [0.29, 0.717) is 21.4 Å². The normalized spacial score (nSPS) is 10.4. The number of nitrogens with zero attached hydrogens (tertiary/aromatic N) is 3. The first-order valence-electron chi connectivity index (χ1n) is 7.29. The van der Waals surface area contributed by atoms with Crippen molar-refractivity contribution in [3.8, 4) is 0 Å².